The van der Waals surface area contributed by atoms with Crippen LogP contribution in [0.1, 0.15) is 21.2 Å². The largest absolute Gasteiger partial charge is 0.394 e. The number of carbonyl (C=O) groups is 1. The number of rotatable bonds is 2. The molecule has 3 N–H and O–H groups in total. The highest BCUT2D eigenvalue weighted by Crippen LogP contribution is 2.21. The van der Waals surface area contributed by atoms with Crippen molar-refractivity contribution < 1.29 is 4.79 Å². The van der Waals surface area contributed by atoms with Crippen LogP contribution >= 0.6 is 11.3 Å². The van der Waals surface area contributed by atoms with Crippen LogP contribution in [0.5, 0.6) is 0 Å². The Bertz CT molecular complexity index is 571. The van der Waals surface area contributed by atoms with Crippen LogP contribution in [0.25, 0.3) is 0 Å². The Morgan fingerprint density at radius 2 is 2.24 bits per heavy atom. The quantitative estimate of drug-likeness (QED) is 0.843. The SMILES string of the molecule is Cc1nc(C(=O)Nc2c(N)c(C)nn2C)cs1. The predicted molar refractivity (Wildman–Crippen MR) is 67.2 cm³/mol. The van der Waals surface area contributed by atoms with Gasteiger partial charge in [0.25, 0.3) is 5.91 Å². The molecule has 2 rings (SSSR count). The van der Waals surface area contributed by atoms with Crippen LogP contribution in [0.2, 0.25) is 0 Å². The van der Waals surface area contributed by atoms with Crippen molar-refractivity contribution >= 4 is 28.7 Å². The molecule has 0 bridgehead atoms. The molecule has 7 heteroatoms. The molecule has 2 heterocycles. The van der Waals surface area contributed by atoms with Crippen LogP contribution in [-0.2, 0) is 7.05 Å². The summed E-state index contributed by atoms with van der Waals surface area (Å²) in [6.07, 6.45) is 0. The summed E-state index contributed by atoms with van der Waals surface area (Å²) in [6, 6.07) is 0. The third-order valence-electron chi connectivity index (χ3n) is 2.35. The third-order valence-corrected chi connectivity index (χ3v) is 3.13. The van der Waals surface area contributed by atoms with Gasteiger partial charge in [0.2, 0.25) is 0 Å². The van der Waals surface area contributed by atoms with Crippen molar-refractivity contribution in [3.63, 3.8) is 0 Å². The number of hydrogen-bond acceptors (Lipinski definition) is 5. The summed E-state index contributed by atoms with van der Waals surface area (Å²) in [4.78, 5) is 16.0. The van der Waals surface area contributed by atoms with Gasteiger partial charge in [0.15, 0.2) is 5.82 Å². The second kappa shape index (κ2) is 4.17. The summed E-state index contributed by atoms with van der Waals surface area (Å²) >= 11 is 1.43. The number of nitrogens with one attached hydrogen (secondary N) is 1. The second-order valence-corrected chi connectivity index (χ2v) is 4.74. The van der Waals surface area contributed by atoms with Gasteiger partial charge < -0.3 is 11.1 Å². The van der Waals surface area contributed by atoms with E-state index in [9.17, 15) is 4.79 Å². The topological polar surface area (TPSA) is 85.8 Å². The van der Waals surface area contributed by atoms with Gasteiger partial charge in [-0.25, -0.2) is 4.98 Å². The molecular weight excluding hydrogens is 238 g/mol. The number of aromatic nitrogens is 3. The van der Waals surface area contributed by atoms with Gasteiger partial charge in [0.1, 0.15) is 5.69 Å². The van der Waals surface area contributed by atoms with Gasteiger partial charge in [0.05, 0.1) is 16.4 Å². The molecule has 0 aliphatic carbocycles. The van der Waals surface area contributed by atoms with Crippen molar-refractivity contribution in [1.29, 1.82) is 0 Å². The molecule has 0 fully saturated rings. The molecule has 0 atom stereocenters. The molecule has 6 nitrogen and oxygen atoms in total. The van der Waals surface area contributed by atoms with Crippen LogP contribution < -0.4 is 11.1 Å². The van der Waals surface area contributed by atoms with E-state index < -0.39 is 0 Å². The van der Waals surface area contributed by atoms with Gasteiger partial charge in [-0.05, 0) is 13.8 Å². The van der Waals surface area contributed by atoms with E-state index in [-0.39, 0.29) is 5.91 Å². The average molecular weight is 251 g/mol. The van der Waals surface area contributed by atoms with E-state index in [1.165, 1.54) is 11.3 Å². The Hall–Kier alpha value is -1.89. The number of nitrogens with two attached hydrogens (primary N) is 1. The molecule has 0 aliphatic heterocycles. The average Bonchev–Trinajstić information content (AvgIpc) is 2.79. The van der Waals surface area contributed by atoms with Crippen molar-refractivity contribution in [3.05, 3.63) is 21.8 Å². The number of anilines is 2. The molecule has 0 saturated heterocycles. The monoisotopic (exact) mass is 251 g/mol. The molecule has 0 saturated carbocycles. The van der Waals surface area contributed by atoms with Crippen molar-refractivity contribution in [1.82, 2.24) is 14.8 Å². The normalized spacial score (nSPS) is 10.5. The smallest absolute Gasteiger partial charge is 0.276 e. The molecule has 2 aromatic rings. The fraction of sp³-hybridized carbons (Fsp3) is 0.300. The Labute approximate surface area is 102 Å². The lowest BCUT2D eigenvalue weighted by atomic mass is 10.3. The zero-order chi connectivity index (χ0) is 12.6. The fourth-order valence-corrected chi connectivity index (χ4v) is 2.06. The summed E-state index contributed by atoms with van der Waals surface area (Å²) in [7, 11) is 1.73. The van der Waals surface area contributed by atoms with Crippen molar-refractivity contribution in [2.24, 2.45) is 7.05 Å². The lowest BCUT2D eigenvalue weighted by Crippen LogP contribution is -2.16. The van der Waals surface area contributed by atoms with E-state index in [4.69, 9.17) is 5.73 Å². The number of nitrogen functional groups attached to an aromatic ring is 1. The van der Waals surface area contributed by atoms with Gasteiger partial charge in [-0.2, -0.15) is 5.10 Å². The molecular formula is C10H13N5OS. The summed E-state index contributed by atoms with van der Waals surface area (Å²) in [5.41, 5.74) is 7.38. The number of thiazole rings is 1. The van der Waals surface area contributed by atoms with Crippen molar-refractivity contribution in [2.45, 2.75) is 13.8 Å². The van der Waals surface area contributed by atoms with Gasteiger partial charge in [-0.15, -0.1) is 11.3 Å². The summed E-state index contributed by atoms with van der Waals surface area (Å²) in [5.74, 6) is 0.224. The number of carbonyl (C=O) groups excluding carboxylic acids is 1. The zero-order valence-electron chi connectivity index (χ0n) is 9.81. The molecule has 90 valence electrons. The minimum absolute atomic E-state index is 0.274. The van der Waals surface area contributed by atoms with Crippen LogP contribution in [0.15, 0.2) is 5.38 Å². The molecule has 1 amide bonds. The number of nitrogens with zero attached hydrogens (tertiary/aromatic N) is 3. The molecule has 0 radical (unpaired) electrons. The Kier molecular flexibility index (Phi) is 2.84. The lowest BCUT2D eigenvalue weighted by molar-refractivity contribution is 0.102. The van der Waals surface area contributed by atoms with Crippen LogP contribution in [-0.4, -0.2) is 20.7 Å². The second-order valence-electron chi connectivity index (χ2n) is 3.68. The summed E-state index contributed by atoms with van der Waals surface area (Å²) in [5, 5.41) is 9.39. The fourth-order valence-electron chi connectivity index (χ4n) is 1.46. The minimum Gasteiger partial charge on any atom is -0.394 e. The van der Waals surface area contributed by atoms with Crippen LogP contribution in [0.4, 0.5) is 11.5 Å². The highest BCUT2D eigenvalue weighted by molar-refractivity contribution is 7.09. The summed E-state index contributed by atoms with van der Waals surface area (Å²) < 4.78 is 1.54. The minimum atomic E-state index is -0.274. The Balaban J connectivity index is 2.24. The van der Waals surface area contributed by atoms with Gasteiger partial charge >= 0.3 is 0 Å². The maximum absolute atomic E-state index is 11.9. The van der Waals surface area contributed by atoms with Crippen LogP contribution in [0, 0.1) is 13.8 Å². The van der Waals surface area contributed by atoms with E-state index in [0.717, 1.165) is 5.01 Å². The first-order chi connectivity index (χ1) is 7.99. The predicted octanol–water partition coefficient (Wildman–Crippen LogP) is 1.33. The molecule has 17 heavy (non-hydrogen) atoms. The highest BCUT2D eigenvalue weighted by Gasteiger charge is 2.15. The van der Waals surface area contributed by atoms with E-state index >= 15 is 0 Å². The van der Waals surface area contributed by atoms with Gasteiger partial charge in [0, 0.05) is 12.4 Å². The number of aryl methyl sites for hydroxylation is 3. The Morgan fingerprint density at radius 3 is 2.71 bits per heavy atom. The summed E-state index contributed by atoms with van der Waals surface area (Å²) in [6.45, 7) is 3.64. The Morgan fingerprint density at radius 1 is 1.53 bits per heavy atom. The standard InChI is InChI=1S/C10H13N5OS/c1-5-8(11)9(15(3)14-5)13-10(16)7-4-17-6(2)12-7/h4H,11H2,1-3H3,(H,13,16). The third kappa shape index (κ3) is 2.14. The number of hydrogen-bond donors (Lipinski definition) is 2. The van der Waals surface area contributed by atoms with Gasteiger partial charge in [-0.1, -0.05) is 0 Å². The molecule has 0 unspecified atom stereocenters. The first kappa shape index (κ1) is 11.6. The van der Waals surface area contributed by atoms with E-state index in [2.05, 4.69) is 15.4 Å². The first-order valence-corrected chi connectivity index (χ1v) is 5.89. The molecule has 0 aliphatic rings. The highest BCUT2D eigenvalue weighted by atomic mass is 32.1. The molecule has 0 aromatic carbocycles. The van der Waals surface area contributed by atoms with Crippen LogP contribution in [0.3, 0.4) is 0 Å². The van der Waals surface area contributed by atoms with E-state index in [1.54, 1.807) is 24.0 Å². The first-order valence-electron chi connectivity index (χ1n) is 5.01. The maximum Gasteiger partial charge on any atom is 0.276 e. The molecule has 0 spiro atoms. The van der Waals surface area contributed by atoms with Crippen molar-refractivity contribution in [3.8, 4) is 0 Å². The lowest BCUT2D eigenvalue weighted by Gasteiger charge is -2.04. The van der Waals surface area contributed by atoms with E-state index in [1.807, 2.05) is 6.92 Å². The maximum atomic E-state index is 11.9. The molecule has 2 aromatic heterocycles. The number of amides is 1. The van der Waals surface area contributed by atoms with Crippen molar-refractivity contribution in [2.75, 3.05) is 11.1 Å². The zero-order valence-corrected chi connectivity index (χ0v) is 10.6. The van der Waals surface area contributed by atoms with E-state index in [0.29, 0.717) is 22.9 Å². The van der Waals surface area contributed by atoms with Gasteiger partial charge in [-0.3, -0.25) is 9.48 Å².